The molecule has 0 bridgehead atoms. The molecule has 0 aromatic carbocycles. The van der Waals surface area contributed by atoms with E-state index >= 15 is 0 Å². The predicted octanol–water partition coefficient (Wildman–Crippen LogP) is 0.176. The molecule has 0 aliphatic heterocycles. The van der Waals surface area contributed by atoms with E-state index in [4.69, 9.17) is 5.73 Å². The van der Waals surface area contributed by atoms with Gasteiger partial charge >= 0.3 is 0 Å². The molecule has 0 amide bonds. The van der Waals surface area contributed by atoms with E-state index in [-0.39, 0.29) is 0 Å². The zero-order valence-electron chi connectivity index (χ0n) is 4.41. The van der Waals surface area contributed by atoms with E-state index in [2.05, 4.69) is 4.98 Å². The van der Waals surface area contributed by atoms with Gasteiger partial charge in [-0.2, -0.15) is 0 Å². The molecule has 0 fully saturated rings. The lowest BCUT2D eigenvalue weighted by atomic mass is 10.6. The maximum atomic E-state index is 6.77. The summed E-state index contributed by atoms with van der Waals surface area (Å²) >= 11 is 0. The summed E-state index contributed by atoms with van der Waals surface area (Å²) in [5.41, 5.74) is 6.77. The fourth-order valence-corrected chi connectivity index (χ4v) is 0.483. The lowest BCUT2D eigenvalue weighted by Gasteiger charge is -1.91. The number of nitrogens with zero attached hydrogens (tertiary/aromatic N) is 2. The summed E-state index contributed by atoms with van der Waals surface area (Å²) in [5, 5.41) is 0. The minimum atomic E-state index is 0.302. The van der Waals surface area contributed by atoms with E-state index in [1.165, 1.54) is 0 Å². The van der Waals surface area contributed by atoms with Gasteiger partial charge in [0, 0.05) is 18.9 Å². The summed E-state index contributed by atoms with van der Waals surface area (Å²) in [4.78, 5) is 3.79. The first-order valence-electron chi connectivity index (χ1n) is 2.39. The zero-order valence-corrected chi connectivity index (χ0v) is 4.41. The Morgan fingerprint density at radius 2 is 2.62 bits per heavy atom. The van der Waals surface area contributed by atoms with Crippen molar-refractivity contribution < 1.29 is 0 Å². The summed E-state index contributed by atoms with van der Waals surface area (Å²) in [7, 11) is 0. The van der Waals surface area contributed by atoms with Gasteiger partial charge in [-0.25, -0.2) is 4.98 Å². The van der Waals surface area contributed by atoms with Crippen LogP contribution >= 0.6 is 0 Å². The Balaban J connectivity index is 2.50. The van der Waals surface area contributed by atoms with Crippen LogP contribution in [0.4, 0.5) is 0 Å². The van der Waals surface area contributed by atoms with Gasteiger partial charge in [-0.3, -0.25) is 5.73 Å². The number of hydrogen-bond donors (Lipinski definition) is 0. The number of rotatable bonds is 2. The molecule has 0 saturated heterocycles. The Kier molecular flexibility index (Phi) is 1.64. The van der Waals surface area contributed by atoms with Crippen LogP contribution in [0.1, 0.15) is 0 Å². The second kappa shape index (κ2) is 2.47. The van der Waals surface area contributed by atoms with E-state index in [1.807, 2.05) is 0 Å². The fraction of sp³-hybridized carbons (Fsp3) is 0.200. The molecular formula is C5H7N3. The van der Waals surface area contributed by atoms with Crippen molar-refractivity contribution in [3.63, 3.8) is 0 Å². The number of imidazole rings is 1. The highest BCUT2D eigenvalue weighted by Gasteiger charge is 1.83. The number of aromatic nitrogens is 2. The first-order valence-corrected chi connectivity index (χ1v) is 2.39. The Hall–Kier alpha value is -0.830. The van der Waals surface area contributed by atoms with Crippen LogP contribution in [0.2, 0.25) is 0 Å². The maximum Gasteiger partial charge on any atom is 0.0949 e. The third-order valence-corrected chi connectivity index (χ3v) is 0.827. The molecule has 2 radical (unpaired) electrons. The third kappa shape index (κ3) is 1.07. The Morgan fingerprint density at radius 3 is 3.12 bits per heavy atom. The van der Waals surface area contributed by atoms with Crippen LogP contribution in [0.15, 0.2) is 18.7 Å². The Labute approximate surface area is 48.1 Å². The summed E-state index contributed by atoms with van der Waals surface area (Å²) in [6.07, 6.45) is 5.15. The maximum absolute atomic E-state index is 6.77. The van der Waals surface area contributed by atoms with Gasteiger partial charge in [0.1, 0.15) is 0 Å². The topological polar surface area (TPSA) is 41.6 Å². The molecule has 0 unspecified atom stereocenters. The van der Waals surface area contributed by atoms with Crippen LogP contribution in [0.3, 0.4) is 0 Å². The molecule has 1 heterocycles. The molecule has 1 N–H and O–H groups in total. The van der Waals surface area contributed by atoms with Crippen molar-refractivity contribution in [1.29, 1.82) is 0 Å². The Bertz CT molecular complexity index is 133. The lowest BCUT2D eigenvalue weighted by molar-refractivity contribution is 0.886. The van der Waals surface area contributed by atoms with Crippen molar-refractivity contribution in [2.75, 3.05) is 6.54 Å². The number of hydrogen-bond acceptors (Lipinski definition) is 1. The van der Waals surface area contributed by atoms with Gasteiger partial charge in [0.2, 0.25) is 0 Å². The average molecular weight is 109 g/mol. The lowest BCUT2D eigenvalue weighted by Crippen LogP contribution is -1.95. The van der Waals surface area contributed by atoms with Crippen molar-refractivity contribution in [3.8, 4) is 0 Å². The molecule has 8 heavy (non-hydrogen) atoms. The summed E-state index contributed by atoms with van der Waals surface area (Å²) < 4.78 is 1.76. The second-order valence-corrected chi connectivity index (χ2v) is 1.40. The van der Waals surface area contributed by atoms with E-state index in [1.54, 1.807) is 29.8 Å². The van der Waals surface area contributed by atoms with E-state index < -0.39 is 0 Å². The summed E-state index contributed by atoms with van der Waals surface area (Å²) in [5.74, 6) is 0. The van der Waals surface area contributed by atoms with Crippen molar-refractivity contribution in [1.82, 2.24) is 15.3 Å². The average Bonchev–Trinajstić information content (AvgIpc) is 2.19. The molecule has 42 valence electrons. The minimum Gasteiger partial charge on any atom is -0.331 e. The summed E-state index contributed by atoms with van der Waals surface area (Å²) in [6.45, 7) is 2.03. The molecule has 1 aromatic heterocycles. The standard InChI is InChI=1S/C5H7N3/c6-1-3-8-4-2-7-5-8/h2-6H,1H2. The predicted molar refractivity (Wildman–Crippen MR) is 29.9 cm³/mol. The minimum absolute atomic E-state index is 0.302. The monoisotopic (exact) mass is 109 g/mol. The van der Waals surface area contributed by atoms with Gasteiger partial charge < -0.3 is 4.57 Å². The van der Waals surface area contributed by atoms with Gasteiger partial charge in [-0.1, -0.05) is 0 Å². The van der Waals surface area contributed by atoms with Crippen molar-refractivity contribution in [2.24, 2.45) is 0 Å². The van der Waals surface area contributed by atoms with E-state index in [0.29, 0.717) is 6.54 Å². The van der Waals surface area contributed by atoms with E-state index in [9.17, 15) is 0 Å². The normalized spacial score (nSPS) is 9.62. The van der Waals surface area contributed by atoms with Crippen molar-refractivity contribution in [3.05, 3.63) is 25.3 Å². The Morgan fingerprint density at radius 1 is 1.75 bits per heavy atom. The zero-order chi connectivity index (χ0) is 5.82. The largest absolute Gasteiger partial charge is 0.331 e. The highest BCUT2D eigenvalue weighted by atomic mass is 15.0. The molecule has 0 aliphatic carbocycles. The van der Waals surface area contributed by atoms with Gasteiger partial charge in [0.25, 0.3) is 0 Å². The van der Waals surface area contributed by atoms with Gasteiger partial charge in [0.05, 0.1) is 12.9 Å². The molecule has 1 rings (SSSR count). The van der Waals surface area contributed by atoms with Crippen molar-refractivity contribution in [2.45, 2.75) is 0 Å². The molecule has 0 saturated carbocycles. The third-order valence-electron chi connectivity index (χ3n) is 0.827. The van der Waals surface area contributed by atoms with Gasteiger partial charge in [-0.05, 0) is 0 Å². The molecule has 1 aromatic rings. The molecule has 0 spiro atoms. The molecule has 3 nitrogen and oxygen atoms in total. The number of nitrogens with one attached hydrogen (secondary N) is 1. The smallest absolute Gasteiger partial charge is 0.0949 e. The van der Waals surface area contributed by atoms with E-state index in [0.717, 1.165) is 0 Å². The van der Waals surface area contributed by atoms with Gasteiger partial charge in [0.15, 0.2) is 0 Å². The summed E-state index contributed by atoms with van der Waals surface area (Å²) in [6, 6.07) is 0. The first kappa shape index (κ1) is 5.31. The molecular weight excluding hydrogens is 102 g/mol. The van der Waals surface area contributed by atoms with Crippen LogP contribution in [-0.2, 0) is 0 Å². The van der Waals surface area contributed by atoms with Crippen LogP contribution in [-0.4, -0.2) is 16.1 Å². The molecule has 3 heteroatoms. The van der Waals surface area contributed by atoms with Crippen molar-refractivity contribution >= 4 is 0 Å². The molecule has 0 atom stereocenters. The quantitative estimate of drug-likeness (QED) is 0.534. The van der Waals surface area contributed by atoms with Crippen LogP contribution in [0.25, 0.3) is 0 Å². The fourth-order valence-electron chi connectivity index (χ4n) is 0.483. The highest BCUT2D eigenvalue weighted by molar-refractivity contribution is 4.81. The highest BCUT2D eigenvalue weighted by Crippen LogP contribution is 1.84. The van der Waals surface area contributed by atoms with Crippen LogP contribution < -0.4 is 5.73 Å². The van der Waals surface area contributed by atoms with Crippen LogP contribution in [0.5, 0.6) is 0 Å². The van der Waals surface area contributed by atoms with Crippen LogP contribution in [0, 0.1) is 6.54 Å². The first-order chi connectivity index (χ1) is 3.93. The molecule has 0 aliphatic rings. The second-order valence-electron chi connectivity index (χ2n) is 1.40. The van der Waals surface area contributed by atoms with Gasteiger partial charge in [-0.15, -0.1) is 0 Å². The SMILES string of the molecule is [NH]C[CH]n1ccnc1.